The minimum absolute atomic E-state index is 0.145. The number of fused-ring (bicyclic) bond motifs is 1. The van der Waals surface area contributed by atoms with E-state index in [-0.39, 0.29) is 24.1 Å². The molecule has 2 aromatic rings. The highest BCUT2D eigenvalue weighted by atomic mass is 16.5. The molecule has 2 fully saturated rings. The standard InChI is InChI=1S/C22H30N2O4/c1-14-17-13-16(27-2)7-8-20(17)28-21(14)22(26)23-15-9-11-24(12-10-15)18-5-3-4-6-19(18)25/h7-8,13,15,18-19,25H,3-6,9-12H2,1-2H3,(H,23,26)/t18-,19+/m1/s1. The second-order valence-corrected chi connectivity index (χ2v) is 8.12. The van der Waals surface area contributed by atoms with Gasteiger partial charge in [0.15, 0.2) is 5.76 Å². The molecule has 1 aromatic carbocycles. The fourth-order valence-electron chi connectivity index (χ4n) is 4.69. The van der Waals surface area contributed by atoms with Crippen LogP contribution in [0.3, 0.4) is 0 Å². The van der Waals surface area contributed by atoms with Crippen LogP contribution in [0, 0.1) is 6.92 Å². The van der Waals surface area contributed by atoms with Gasteiger partial charge in [0.25, 0.3) is 5.91 Å². The molecule has 1 aromatic heterocycles. The number of hydrogen-bond acceptors (Lipinski definition) is 5. The lowest BCUT2D eigenvalue weighted by atomic mass is 9.89. The van der Waals surface area contributed by atoms with Crippen LogP contribution in [0.15, 0.2) is 22.6 Å². The van der Waals surface area contributed by atoms with Gasteiger partial charge in [0.1, 0.15) is 11.3 Å². The Morgan fingerprint density at radius 2 is 1.96 bits per heavy atom. The summed E-state index contributed by atoms with van der Waals surface area (Å²) in [5.41, 5.74) is 1.54. The third kappa shape index (κ3) is 3.76. The van der Waals surface area contributed by atoms with Gasteiger partial charge in [-0.05, 0) is 50.8 Å². The lowest BCUT2D eigenvalue weighted by Crippen LogP contribution is -2.52. The maximum Gasteiger partial charge on any atom is 0.287 e. The Morgan fingerprint density at radius 1 is 1.21 bits per heavy atom. The molecule has 6 heteroatoms. The monoisotopic (exact) mass is 386 g/mol. The fourth-order valence-corrected chi connectivity index (χ4v) is 4.69. The van der Waals surface area contributed by atoms with Gasteiger partial charge >= 0.3 is 0 Å². The van der Waals surface area contributed by atoms with Crippen molar-refractivity contribution in [3.8, 4) is 5.75 Å². The normalized spacial score (nSPS) is 24.4. The van der Waals surface area contributed by atoms with Crippen molar-refractivity contribution in [2.75, 3.05) is 20.2 Å². The van der Waals surface area contributed by atoms with E-state index in [1.807, 2.05) is 25.1 Å². The van der Waals surface area contributed by atoms with E-state index in [9.17, 15) is 9.90 Å². The Kier molecular flexibility index (Phi) is 5.60. The predicted molar refractivity (Wildman–Crippen MR) is 108 cm³/mol. The van der Waals surface area contributed by atoms with Crippen LogP contribution in [0.5, 0.6) is 5.75 Å². The topological polar surface area (TPSA) is 74.9 Å². The van der Waals surface area contributed by atoms with Crippen LogP contribution in [0.4, 0.5) is 0 Å². The van der Waals surface area contributed by atoms with Crippen LogP contribution in [0.2, 0.25) is 0 Å². The van der Waals surface area contributed by atoms with Crippen molar-refractivity contribution in [1.82, 2.24) is 10.2 Å². The molecule has 1 aliphatic carbocycles. The SMILES string of the molecule is COc1ccc2oc(C(=O)NC3CCN([C@@H]4CCCC[C@@H]4O)CC3)c(C)c2c1. The number of piperidine rings is 1. The molecular formula is C22H30N2O4. The fraction of sp³-hybridized carbons (Fsp3) is 0.591. The molecule has 0 spiro atoms. The Hall–Kier alpha value is -2.05. The predicted octanol–water partition coefficient (Wildman–Crippen LogP) is 3.25. The number of hydrogen-bond donors (Lipinski definition) is 2. The van der Waals surface area contributed by atoms with Gasteiger partial charge in [-0.3, -0.25) is 9.69 Å². The van der Waals surface area contributed by atoms with E-state index < -0.39 is 0 Å². The van der Waals surface area contributed by atoms with Gasteiger partial charge in [0, 0.05) is 36.1 Å². The minimum Gasteiger partial charge on any atom is -0.497 e. The lowest BCUT2D eigenvalue weighted by Gasteiger charge is -2.41. The van der Waals surface area contributed by atoms with E-state index in [1.165, 1.54) is 6.42 Å². The smallest absolute Gasteiger partial charge is 0.287 e. The van der Waals surface area contributed by atoms with Crippen LogP contribution >= 0.6 is 0 Å². The first kappa shape index (κ1) is 19.3. The summed E-state index contributed by atoms with van der Waals surface area (Å²) >= 11 is 0. The number of rotatable bonds is 4. The number of aryl methyl sites for hydroxylation is 1. The summed E-state index contributed by atoms with van der Waals surface area (Å²) in [4.78, 5) is 15.2. The summed E-state index contributed by atoms with van der Waals surface area (Å²) in [6.45, 7) is 3.75. The van der Waals surface area contributed by atoms with Gasteiger partial charge in [-0.15, -0.1) is 0 Å². The number of carbonyl (C=O) groups excluding carboxylic acids is 1. The van der Waals surface area contributed by atoms with Gasteiger partial charge in [-0.2, -0.15) is 0 Å². The highest BCUT2D eigenvalue weighted by molar-refractivity contribution is 5.99. The number of aliphatic hydroxyl groups excluding tert-OH is 1. The molecule has 6 nitrogen and oxygen atoms in total. The Bertz CT molecular complexity index is 838. The Morgan fingerprint density at radius 3 is 2.68 bits per heavy atom. The minimum atomic E-state index is -0.199. The molecule has 4 rings (SSSR count). The van der Waals surface area contributed by atoms with Crippen molar-refractivity contribution in [2.24, 2.45) is 0 Å². The third-order valence-corrected chi connectivity index (χ3v) is 6.38. The van der Waals surface area contributed by atoms with E-state index in [1.54, 1.807) is 7.11 Å². The number of furan rings is 1. The molecule has 0 bridgehead atoms. The Balaban J connectivity index is 1.38. The number of nitrogens with zero attached hydrogens (tertiary/aromatic N) is 1. The summed E-state index contributed by atoms with van der Waals surface area (Å²) in [6.07, 6.45) is 5.94. The van der Waals surface area contributed by atoms with Crippen molar-refractivity contribution in [2.45, 2.75) is 63.6 Å². The van der Waals surface area contributed by atoms with Crippen molar-refractivity contribution in [3.05, 3.63) is 29.5 Å². The van der Waals surface area contributed by atoms with E-state index >= 15 is 0 Å². The molecule has 2 heterocycles. The van der Waals surface area contributed by atoms with E-state index in [2.05, 4.69) is 10.2 Å². The van der Waals surface area contributed by atoms with Crippen LogP contribution in [0.1, 0.15) is 54.6 Å². The largest absolute Gasteiger partial charge is 0.497 e. The first-order chi connectivity index (χ1) is 13.6. The van der Waals surface area contributed by atoms with Gasteiger partial charge in [-0.1, -0.05) is 12.8 Å². The summed E-state index contributed by atoms with van der Waals surface area (Å²) in [6, 6.07) is 6.01. The molecule has 1 amide bonds. The number of likely N-dealkylation sites (tertiary alicyclic amines) is 1. The molecule has 1 aliphatic heterocycles. The zero-order valence-electron chi connectivity index (χ0n) is 16.7. The van der Waals surface area contributed by atoms with Crippen molar-refractivity contribution in [3.63, 3.8) is 0 Å². The molecule has 1 saturated heterocycles. The molecule has 0 radical (unpaired) electrons. The number of ether oxygens (including phenoxy) is 1. The van der Waals surface area contributed by atoms with Crippen molar-refractivity contribution in [1.29, 1.82) is 0 Å². The molecule has 1 saturated carbocycles. The number of carbonyl (C=O) groups is 1. The molecule has 0 unspecified atom stereocenters. The molecule has 152 valence electrons. The van der Waals surface area contributed by atoms with E-state index in [0.29, 0.717) is 11.3 Å². The molecule has 2 aliphatic rings. The maximum absolute atomic E-state index is 12.8. The van der Waals surface area contributed by atoms with Crippen LogP contribution in [0.25, 0.3) is 11.0 Å². The van der Waals surface area contributed by atoms with Crippen molar-refractivity contribution >= 4 is 16.9 Å². The second-order valence-electron chi connectivity index (χ2n) is 8.12. The average molecular weight is 386 g/mol. The van der Waals surface area contributed by atoms with Crippen LogP contribution in [-0.2, 0) is 0 Å². The zero-order valence-corrected chi connectivity index (χ0v) is 16.7. The second kappa shape index (κ2) is 8.13. The number of aliphatic hydroxyl groups is 1. The van der Waals surface area contributed by atoms with Crippen LogP contribution in [-0.4, -0.2) is 54.3 Å². The number of amides is 1. The quantitative estimate of drug-likeness (QED) is 0.844. The average Bonchev–Trinajstić information content (AvgIpc) is 3.05. The number of benzene rings is 1. The first-order valence-corrected chi connectivity index (χ1v) is 10.4. The third-order valence-electron chi connectivity index (χ3n) is 6.38. The highest BCUT2D eigenvalue weighted by Gasteiger charge is 2.32. The summed E-state index contributed by atoms with van der Waals surface area (Å²) in [5, 5.41) is 14.3. The molecule has 2 N–H and O–H groups in total. The van der Waals surface area contributed by atoms with Gasteiger partial charge in [0.2, 0.25) is 0 Å². The number of methoxy groups -OCH3 is 1. The molecule has 28 heavy (non-hydrogen) atoms. The lowest BCUT2D eigenvalue weighted by molar-refractivity contribution is 0.00721. The van der Waals surface area contributed by atoms with E-state index in [0.717, 1.165) is 61.9 Å². The van der Waals surface area contributed by atoms with Gasteiger partial charge in [0.05, 0.1) is 13.2 Å². The van der Waals surface area contributed by atoms with Gasteiger partial charge < -0.3 is 19.6 Å². The van der Waals surface area contributed by atoms with Gasteiger partial charge in [-0.25, -0.2) is 0 Å². The Labute approximate surface area is 165 Å². The highest BCUT2D eigenvalue weighted by Crippen LogP contribution is 2.29. The summed E-state index contributed by atoms with van der Waals surface area (Å²) in [5.74, 6) is 0.984. The summed E-state index contributed by atoms with van der Waals surface area (Å²) in [7, 11) is 1.63. The number of nitrogens with one attached hydrogen (secondary N) is 1. The zero-order chi connectivity index (χ0) is 19.7. The van der Waals surface area contributed by atoms with Crippen molar-refractivity contribution < 1.29 is 19.1 Å². The molecule has 2 atom stereocenters. The van der Waals surface area contributed by atoms with Crippen LogP contribution < -0.4 is 10.1 Å². The summed E-state index contributed by atoms with van der Waals surface area (Å²) < 4.78 is 11.1. The van der Waals surface area contributed by atoms with E-state index in [4.69, 9.17) is 9.15 Å². The maximum atomic E-state index is 12.8. The molecular weight excluding hydrogens is 356 g/mol. The first-order valence-electron chi connectivity index (χ1n) is 10.4.